The number of hydrazine groups is 1. The van der Waals surface area contributed by atoms with E-state index in [9.17, 15) is 4.79 Å². The SMILES string of the molecule is CN(C)CCCN(C)C(=O)c1nc(NN)ccc1Cl. The summed E-state index contributed by atoms with van der Waals surface area (Å²) in [6.45, 7) is 1.57. The van der Waals surface area contributed by atoms with Gasteiger partial charge in [-0.15, -0.1) is 0 Å². The molecule has 0 unspecified atom stereocenters. The standard InChI is InChI=1S/C12H20ClN5O/c1-17(2)7-4-8-18(3)12(19)11-9(13)5-6-10(15-11)16-14/h5-6H,4,7-8,14H2,1-3H3,(H,15,16). The topological polar surface area (TPSA) is 74.5 Å². The van der Waals surface area contributed by atoms with Crippen LogP contribution in [0.5, 0.6) is 0 Å². The number of hydrogen-bond donors (Lipinski definition) is 2. The maximum absolute atomic E-state index is 12.2. The van der Waals surface area contributed by atoms with Crippen LogP contribution in [0.1, 0.15) is 16.9 Å². The average Bonchev–Trinajstić information content (AvgIpc) is 2.38. The molecule has 1 rings (SSSR count). The van der Waals surface area contributed by atoms with Crippen molar-refractivity contribution in [2.75, 3.05) is 39.7 Å². The summed E-state index contributed by atoms with van der Waals surface area (Å²) >= 11 is 5.99. The third kappa shape index (κ3) is 4.66. The number of nitrogens with zero attached hydrogens (tertiary/aromatic N) is 3. The smallest absolute Gasteiger partial charge is 0.273 e. The van der Waals surface area contributed by atoms with Gasteiger partial charge >= 0.3 is 0 Å². The van der Waals surface area contributed by atoms with Crippen LogP contribution in [0.25, 0.3) is 0 Å². The number of amides is 1. The van der Waals surface area contributed by atoms with Crippen LogP contribution in [-0.2, 0) is 0 Å². The van der Waals surface area contributed by atoms with Crippen molar-refractivity contribution in [2.24, 2.45) is 5.84 Å². The van der Waals surface area contributed by atoms with E-state index in [4.69, 9.17) is 17.4 Å². The number of hydrogen-bond acceptors (Lipinski definition) is 5. The van der Waals surface area contributed by atoms with Gasteiger partial charge in [-0.1, -0.05) is 11.6 Å². The number of rotatable bonds is 6. The molecule has 0 saturated heterocycles. The van der Waals surface area contributed by atoms with Gasteiger partial charge in [0, 0.05) is 13.6 Å². The van der Waals surface area contributed by atoms with Gasteiger partial charge in [0.25, 0.3) is 5.91 Å². The van der Waals surface area contributed by atoms with E-state index >= 15 is 0 Å². The summed E-state index contributed by atoms with van der Waals surface area (Å²) in [5.41, 5.74) is 2.61. The second kappa shape index (κ2) is 7.28. The second-order valence-electron chi connectivity index (χ2n) is 4.55. The normalized spacial score (nSPS) is 10.6. The fourth-order valence-corrected chi connectivity index (χ4v) is 1.77. The average molecular weight is 286 g/mol. The molecule has 0 atom stereocenters. The highest BCUT2D eigenvalue weighted by atomic mass is 35.5. The molecule has 19 heavy (non-hydrogen) atoms. The first-order valence-electron chi connectivity index (χ1n) is 5.99. The highest BCUT2D eigenvalue weighted by Gasteiger charge is 2.17. The number of nitrogens with one attached hydrogen (secondary N) is 1. The Bertz CT molecular complexity index is 438. The molecule has 106 valence electrons. The summed E-state index contributed by atoms with van der Waals surface area (Å²) in [5.74, 6) is 5.48. The molecule has 1 heterocycles. The zero-order valence-electron chi connectivity index (χ0n) is 11.5. The van der Waals surface area contributed by atoms with E-state index in [1.54, 1.807) is 24.1 Å². The van der Waals surface area contributed by atoms with Crippen LogP contribution >= 0.6 is 11.6 Å². The zero-order valence-corrected chi connectivity index (χ0v) is 12.2. The number of nitrogen functional groups attached to an aromatic ring is 1. The first kappa shape index (κ1) is 15.7. The molecule has 0 aliphatic carbocycles. The quantitative estimate of drug-likeness (QED) is 0.603. The van der Waals surface area contributed by atoms with Crippen LogP contribution in [-0.4, -0.2) is 54.9 Å². The van der Waals surface area contributed by atoms with Gasteiger partial charge in [-0.2, -0.15) is 0 Å². The minimum absolute atomic E-state index is 0.208. The molecular formula is C12H20ClN5O. The number of aromatic nitrogens is 1. The van der Waals surface area contributed by atoms with E-state index in [0.717, 1.165) is 13.0 Å². The summed E-state index contributed by atoms with van der Waals surface area (Å²) < 4.78 is 0. The van der Waals surface area contributed by atoms with Gasteiger partial charge in [-0.3, -0.25) is 4.79 Å². The van der Waals surface area contributed by atoms with Crippen LogP contribution < -0.4 is 11.3 Å². The minimum atomic E-state index is -0.208. The van der Waals surface area contributed by atoms with Crippen molar-refractivity contribution in [3.63, 3.8) is 0 Å². The molecule has 0 spiro atoms. The first-order chi connectivity index (χ1) is 8.95. The third-order valence-electron chi connectivity index (χ3n) is 2.64. The van der Waals surface area contributed by atoms with E-state index in [1.165, 1.54) is 0 Å². The number of nitrogens with two attached hydrogens (primary N) is 1. The van der Waals surface area contributed by atoms with Gasteiger partial charge in [0.1, 0.15) is 11.5 Å². The highest BCUT2D eigenvalue weighted by Crippen LogP contribution is 2.17. The van der Waals surface area contributed by atoms with E-state index in [1.807, 2.05) is 14.1 Å². The van der Waals surface area contributed by atoms with E-state index < -0.39 is 0 Å². The molecule has 0 radical (unpaired) electrons. The molecular weight excluding hydrogens is 266 g/mol. The van der Waals surface area contributed by atoms with E-state index in [0.29, 0.717) is 17.4 Å². The molecule has 1 aromatic rings. The lowest BCUT2D eigenvalue weighted by molar-refractivity contribution is 0.0785. The molecule has 7 heteroatoms. The zero-order chi connectivity index (χ0) is 14.4. The molecule has 0 bridgehead atoms. The summed E-state index contributed by atoms with van der Waals surface area (Å²) in [6, 6.07) is 3.22. The van der Waals surface area contributed by atoms with Crippen molar-refractivity contribution in [1.82, 2.24) is 14.8 Å². The van der Waals surface area contributed by atoms with E-state index in [-0.39, 0.29) is 11.6 Å². The van der Waals surface area contributed by atoms with Crippen molar-refractivity contribution < 1.29 is 4.79 Å². The Morgan fingerprint density at radius 1 is 1.37 bits per heavy atom. The van der Waals surface area contributed by atoms with Crippen molar-refractivity contribution in [1.29, 1.82) is 0 Å². The fourth-order valence-electron chi connectivity index (χ4n) is 1.58. The maximum atomic E-state index is 12.2. The predicted octanol–water partition coefficient (Wildman–Crippen LogP) is 1.04. The Balaban J connectivity index is 2.70. The van der Waals surface area contributed by atoms with Gasteiger partial charge in [-0.05, 0) is 39.2 Å². The molecule has 1 aromatic heterocycles. The van der Waals surface area contributed by atoms with Crippen LogP contribution in [0.3, 0.4) is 0 Å². The molecule has 0 saturated carbocycles. The van der Waals surface area contributed by atoms with Crippen LogP contribution in [0.4, 0.5) is 5.82 Å². The van der Waals surface area contributed by atoms with Crippen molar-refractivity contribution in [3.8, 4) is 0 Å². The third-order valence-corrected chi connectivity index (χ3v) is 2.95. The molecule has 1 amide bonds. The lowest BCUT2D eigenvalue weighted by atomic mass is 10.3. The Morgan fingerprint density at radius 2 is 2.05 bits per heavy atom. The highest BCUT2D eigenvalue weighted by molar-refractivity contribution is 6.33. The molecule has 6 nitrogen and oxygen atoms in total. The Labute approximate surface area is 118 Å². The van der Waals surface area contributed by atoms with Crippen LogP contribution in [0.2, 0.25) is 5.02 Å². The van der Waals surface area contributed by atoms with Gasteiger partial charge in [-0.25, -0.2) is 10.8 Å². The van der Waals surface area contributed by atoms with Crippen LogP contribution in [0, 0.1) is 0 Å². The molecule has 0 aliphatic rings. The minimum Gasteiger partial charge on any atom is -0.340 e. The maximum Gasteiger partial charge on any atom is 0.273 e. The largest absolute Gasteiger partial charge is 0.340 e. The molecule has 0 fully saturated rings. The number of carbonyl (C=O) groups is 1. The van der Waals surface area contributed by atoms with Crippen LogP contribution in [0.15, 0.2) is 12.1 Å². The lowest BCUT2D eigenvalue weighted by Crippen LogP contribution is -2.30. The Kier molecular flexibility index (Phi) is 6.01. The van der Waals surface area contributed by atoms with Crippen molar-refractivity contribution >= 4 is 23.3 Å². The van der Waals surface area contributed by atoms with Crippen molar-refractivity contribution in [3.05, 3.63) is 22.8 Å². The van der Waals surface area contributed by atoms with E-state index in [2.05, 4.69) is 15.3 Å². The molecule has 0 aromatic carbocycles. The number of carbonyl (C=O) groups excluding carboxylic acids is 1. The Morgan fingerprint density at radius 3 is 2.63 bits per heavy atom. The lowest BCUT2D eigenvalue weighted by Gasteiger charge is -2.19. The molecule has 0 aliphatic heterocycles. The van der Waals surface area contributed by atoms with Crippen molar-refractivity contribution in [2.45, 2.75) is 6.42 Å². The molecule has 3 N–H and O–H groups in total. The Hall–Kier alpha value is -1.37. The number of anilines is 1. The van der Waals surface area contributed by atoms with Gasteiger partial charge in [0.05, 0.1) is 5.02 Å². The van der Waals surface area contributed by atoms with Gasteiger partial charge < -0.3 is 15.2 Å². The monoisotopic (exact) mass is 285 g/mol. The van der Waals surface area contributed by atoms with Gasteiger partial charge in [0.2, 0.25) is 0 Å². The summed E-state index contributed by atoms with van der Waals surface area (Å²) in [7, 11) is 5.73. The van der Waals surface area contributed by atoms with Gasteiger partial charge in [0.15, 0.2) is 0 Å². The second-order valence-corrected chi connectivity index (χ2v) is 4.96. The first-order valence-corrected chi connectivity index (χ1v) is 6.37. The summed E-state index contributed by atoms with van der Waals surface area (Å²) in [6.07, 6.45) is 0.891. The summed E-state index contributed by atoms with van der Waals surface area (Å²) in [5, 5.41) is 0.323. The summed E-state index contributed by atoms with van der Waals surface area (Å²) in [4.78, 5) is 20.0. The number of pyridine rings is 1. The fraction of sp³-hybridized carbons (Fsp3) is 0.500. The predicted molar refractivity (Wildman–Crippen MR) is 77.2 cm³/mol. The number of halogens is 1.